The highest BCUT2D eigenvalue weighted by Gasteiger charge is 2.29. The maximum atomic E-state index is 12.6. The number of hydrogen-bond donors (Lipinski definition) is 2. The molecule has 0 radical (unpaired) electrons. The van der Waals surface area contributed by atoms with E-state index in [0.717, 1.165) is 29.9 Å². The van der Waals surface area contributed by atoms with Crippen LogP contribution in [0.1, 0.15) is 50.0 Å². The van der Waals surface area contributed by atoms with Crippen molar-refractivity contribution in [2.75, 3.05) is 25.5 Å². The molecule has 1 saturated carbocycles. The fraction of sp³-hybridized carbons (Fsp3) is 0.423. The number of hydrogen-bond acceptors (Lipinski definition) is 6. The quantitative estimate of drug-likeness (QED) is 0.521. The first-order valence-corrected chi connectivity index (χ1v) is 12.0. The summed E-state index contributed by atoms with van der Waals surface area (Å²) in [6, 6.07) is 11.2. The van der Waals surface area contributed by atoms with Crippen LogP contribution < -0.4 is 20.1 Å². The number of ether oxygens (including phenoxy) is 2. The predicted molar refractivity (Wildman–Crippen MR) is 131 cm³/mol. The average molecular weight is 479 g/mol. The number of methoxy groups -OCH3 is 1. The minimum Gasteiger partial charge on any atom is -0.493 e. The molecule has 2 aliphatic rings. The largest absolute Gasteiger partial charge is 0.493 e. The minimum absolute atomic E-state index is 0.0730. The lowest BCUT2D eigenvalue weighted by molar-refractivity contribution is -0.114. The molecule has 2 N–H and O–H groups in total. The van der Waals surface area contributed by atoms with Gasteiger partial charge in [-0.2, -0.15) is 0 Å². The molecular weight excluding hydrogens is 448 g/mol. The lowest BCUT2D eigenvalue weighted by atomic mass is 9.96. The van der Waals surface area contributed by atoms with Gasteiger partial charge in [0.1, 0.15) is 5.52 Å². The smallest absolute Gasteiger partial charge is 0.317 e. The first-order valence-electron chi connectivity index (χ1n) is 12.0. The van der Waals surface area contributed by atoms with Crippen molar-refractivity contribution in [3.05, 3.63) is 47.9 Å². The SMILES string of the molecule is COc1ccc(C2CNC(=O)N(Cc3nc4c(NC(C)=O)cccc4o3)C2)cc1OC1CCCC1. The summed E-state index contributed by atoms with van der Waals surface area (Å²) in [5, 5.41) is 5.75. The molecule has 0 bridgehead atoms. The van der Waals surface area contributed by atoms with Crippen molar-refractivity contribution < 1.29 is 23.5 Å². The zero-order valence-electron chi connectivity index (χ0n) is 20.0. The van der Waals surface area contributed by atoms with Crippen LogP contribution in [0.3, 0.4) is 0 Å². The Labute approximate surface area is 203 Å². The number of urea groups is 1. The third-order valence-electron chi connectivity index (χ3n) is 6.58. The van der Waals surface area contributed by atoms with Crippen LogP contribution in [0.2, 0.25) is 0 Å². The Balaban J connectivity index is 1.33. The summed E-state index contributed by atoms with van der Waals surface area (Å²) in [5.74, 6) is 1.78. The molecular formula is C26H30N4O5. The lowest BCUT2D eigenvalue weighted by Gasteiger charge is -2.33. The van der Waals surface area contributed by atoms with Crippen molar-refractivity contribution in [1.82, 2.24) is 15.2 Å². The zero-order valence-corrected chi connectivity index (χ0v) is 20.0. The van der Waals surface area contributed by atoms with E-state index >= 15 is 0 Å². The molecule has 2 aromatic carbocycles. The summed E-state index contributed by atoms with van der Waals surface area (Å²) in [4.78, 5) is 30.4. The number of nitrogens with one attached hydrogen (secondary N) is 2. The molecule has 0 spiro atoms. The van der Waals surface area contributed by atoms with Crippen LogP contribution >= 0.6 is 0 Å². The number of fused-ring (bicyclic) bond motifs is 1. The van der Waals surface area contributed by atoms with Gasteiger partial charge in [-0.3, -0.25) is 4.79 Å². The van der Waals surface area contributed by atoms with Crippen molar-refractivity contribution in [2.45, 2.75) is 51.2 Å². The number of amides is 3. The number of anilines is 1. The number of oxazole rings is 1. The van der Waals surface area contributed by atoms with E-state index in [9.17, 15) is 9.59 Å². The molecule has 2 fully saturated rings. The van der Waals surface area contributed by atoms with Crippen LogP contribution in [-0.4, -0.2) is 48.1 Å². The summed E-state index contributed by atoms with van der Waals surface area (Å²) in [6.07, 6.45) is 4.74. The molecule has 1 saturated heterocycles. The van der Waals surface area contributed by atoms with E-state index < -0.39 is 0 Å². The monoisotopic (exact) mass is 478 g/mol. The summed E-state index contributed by atoms with van der Waals surface area (Å²) in [6.45, 7) is 2.71. The molecule has 35 heavy (non-hydrogen) atoms. The minimum atomic E-state index is -0.184. The number of rotatable bonds is 7. The van der Waals surface area contributed by atoms with Gasteiger partial charge >= 0.3 is 6.03 Å². The molecule has 1 aliphatic heterocycles. The molecule has 1 unspecified atom stereocenters. The van der Waals surface area contributed by atoms with E-state index in [1.54, 1.807) is 30.2 Å². The maximum Gasteiger partial charge on any atom is 0.317 e. The van der Waals surface area contributed by atoms with Gasteiger partial charge in [0.2, 0.25) is 11.8 Å². The number of aromatic nitrogens is 1. The van der Waals surface area contributed by atoms with Gasteiger partial charge < -0.3 is 29.4 Å². The normalized spacial score (nSPS) is 18.5. The fourth-order valence-corrected chi connectivity index (χ4v) is 4.84. The molecule has 1 aliphatic carbocycles. The zero-order chi connectivity index (χ0) is 24.4. The molecule has 2 heterocycles. The van der Waals surface area contributed by atoms with Gasteiger partial charge in [0, 0.05) is 25.9 Å². The Morgan fingerprint density at radius 2 is 2.06 bits per heavy atom. The van der Waals surface area contributed by atoms with E-state index in [4.69, 9.17) is 13.9 Å². The van der Waals surface area contributed by atoms with Crippen LogP contribution in [0.15, 0.2) is 40.8 Å². The lowest BCUT2D eigenvalue weighted by Crippen LogP contribution is -2.49. The van der Waals surface area contributed by atoms with E-state index in [0.29, 0.717) is 35.8 Å². The van der Waals surface area contributed by atoms with Gasteiger partial charge in [0.05, 0.1) is 25.4 Å². The highest BCUT2D eigenvalue weighted by molar-refractivity contribution is 5.97. The number of nitrogens with zero attached hydrogens (tertiary/aromatic N) is 2. The molecule has 9 heteroatoms. The second-order valence-corrected chi connectivity index (χ2v) is 9.14. The standard InChI is InChI=1S/C26H30N4O5/c1-16(31)28-20-8-5-9-22-25(20)29-24(35-22)15-30-14-18(13-27-26(30)32)17-10-11-21(33-2)23(12-17)34-19-6-3-4-7-19/h5,8-12,18-19H,3-4,6-7,13-15H2,1-2H3,(H,27,32)(H,28,31). The first kappa shape index (κ1) is 23.0. The van der Waals surface area contributed by atoms with Gasteiger partial charge in [-0.1, -0.05) is 12.1 Å². The fourth-order valence-electron chi connectivity index (χ4n) is 4.84. The van der Waals surface area contributed by atoms with Gasteiger partial charge in [-0.15, -0.1) is 0 Å². The third-order valence-corrected chi connectivity index (χ3v) is 6.58. The van der Waals surface area contributed by atoms with Gasteiger partial charge in [0.15, 0.2) is 17.1 Å². The van der Waals surface area contributed by atoms with Crippen LogP contribution in [0.25, 0.3) is 11.1 Å². The molecule has 184 valence electrons. The molecule has 9 nitrogen and oxygen atoms in total. The van der Waals surface area contributed by atoms with E-state index in [2.05, 4.69) is 15.6 Å². The Morgan fingerprint density at radius 1 is 1.23 bits per heavy atom. The van der Waals surface area contributed by atoms with Crippen molar-refractivity contribution in [1.29, 1.82) is 0 Å². The van der Waals surface area contributed by atoms with Crippen LogP contribution in [0.4, 0.5) is 10.5 Å². The number of para-hydroxylation sites is 1. The Hall–Kier alpha value is -3.75. The average Bonchev–Trinajstić information content (AvgIpc) is 3.50. The topological polar surface area (TPSA) is 106 Å². The second-order valence-electron chi connectivity index (χ2n) is 9.14. The Kier molecular flexibility index (Phi) is 6.48. The molecule has 1 atom stereocenters. The van der Waals surface area contributed by atoms with Gasteiger partial charge in [0.25, 0.3) is 0 Å². The third kappa shape index (κ3) is 5.03. The molecule has 1 aromatic heterocycles. The number of carbonyl (C=O) groups is 2. The summed E-state index contributed by atoms with van der Waals surface area (Å²) >= 11 is 0. The predicted octanol–water partition coefficient (Wildman–Crippen LogP) is 4.43. The highest BCUT2D eigenvalue weighted by Crippen LogP contribution is 2.35. The van der Waals surface area contributed by atoms with Crippen LogP contribution in [0, 0.1) is 0 Å². The second kappa shape index (κ2) is 9.85. The van der Waals surface area contributed by atoms with E-state index in [-0.39, 0.29) is 30.5 Å². The van der Waals surface area contributed by atoms with Crippen molar-refractivity contribution in [3.8, 4) is 11.5 Å². The van der Waals surface area contributed by atoms with E-state index in [1.807, 2.05) is 18.2 Å². The maximum absolute atomic E-state index is 12.6. The Bertz CT molecular complexity index is 1230. The van der Waals surface area contributed by atoms with Crippen LogP contribution in [0.5, 0.6) is 11.5 Å². The molecule has 3 aromatic rings. The summed E-state index contributed by atoms with van der Waals surface area (Å²) < 4.78 is 17.7. The Morgan fingerprint density at radius 3 is 2.83 bits per heavy atom. The van der Waals surface area contributed by atoms with Crippen molar-refractivity contribution >= 4 is 28.7 Å². The van der Waals surface area contributed by atoms with Crippen molar-refractivity contribution in [3.63, 3.8) is 0 Å². The first-order chi connectivity index (χ1) is 17.0. The van der Waals surface area contributed by atoms with E-state index in [1.165, 1.54) is 19.8 Å². The highest BCUT2D eigenvalue weighted by atomic mass is 16.5. The van der Waals surface area contributed by atoms with Gasteiger partial charge in [-0.05, 0) is 55.5 Å². The summed E-state index contributed by atoms with van der Waals surface area (Å²) in [5.41, 5.74) is 2.79. The number of carbonyl (C=O) groups excluding carboxylic acids is 2. The van der Waals surface area contributed by atoms with Crippen LogP contribution in [-0.2, 0) is 11.3 Å². The van der Waals surface area contributed by atoms with Crippen molar-refractivity contribution in [2.24, 2.45) is 0 Å². The molecule has 3 amide bonds. The molecule has 5 rings (SSSR count). The summed E-state index contributed by atoms with van der Waals surface area (Å²) in [7, 11) is 1.65. The number of benzene rings is 2. The van der Waals surface area contributed by atoms with Gasteiger partial charge in [-0.25, -0.2) is 9.78 Å².